The standard InChI is InChI=1S/C22H35FN4O4/c1-13(2)14(21(30)31)8-19(28)17(25)10-26-11-20(29)27(12-22(26,3)4)18-7-5-6-16(23)15(18)9-24/h5-7,13-14,17,19,28H,8-12,24-25H2,1-4H3,(H,30,31). The number of aliphatic hydroxyl groups excluding tert-OH is 1. The lowest BCUT2D eigenvalue weighted by Crippen LogP contribution is -2.64. The van der Waals surface area contributed by atoms with E-state index in [4.69, 9.17) is 11.5 Å². The van der Waals surface area contributed by atoms with E-state index in [1.807, 2.05) is 18.7 Å². The molecule has 0 saturated carbocycles. The second-order valence-electron chi connectivity index (χ2n) is 9.27. The monoisotopic (exact) mass is 438 g/mol. The average molecular weight is 439 g/mol. The van der Waals surface area contributed by atoms with Gasteiger partial charge in [-0.15, -0.1) is 0 Å². The maximum absolute atomic E-state index is 14.2. The number of aliphatic hydroxyl groups is 1. The van der Waals surface area contributed by atoms with E-state index in [-0.39, 0.29) is 37.9 Å². The molecule has 3 atom stereocenters. The van der Waals surface area contributed by atoms with Gasteiger partial charge in [-0.05, 0) is 38.3 Å². The molecule has 6 N–H and O–H groups in total. The van der Waals surface area contributed by atoms with Gasteiger partial charge < -0.3 is 26.6 Å². The van der Waals surface area contributed by atoms with E-state index < -0.39 is 35.4 Å². The maximum atomic E-state index is 14.2. The summed E-state index contributed by atoms with van der Waals surface area (Å²) in [5.74, 6) is -2.46. The highest BCUT2D eigenvalue weighted by atomic mass is 19.1. The van der Waals surface area contributed by atoms with Gasteiger partial charge in [-0.2, -0.15) is 0 Å². The second-order valence-corrected chi connectivity index (χ2v) is 9.27. The lowest BCUT2D eigenvalue weighted by atomic mass is 9.87. The Balaban J connectivity index is 2.13. The Morgan fingerprint density at radius 1 is 1.32 bits per heavy atom. The molecule has 1 aliphatic rings. The number of carboxylic acids is 1. The van der Waals surface area contributed by atoms with Crippen molar-refractivity contribution in [1.82, 2.24) is 4.90 Å². The molecule has 8 nitrogen and oxygen atoms in total. The summed E-state index contributed by atoms with van der Waals surface area (Å²) in [5, 5.41) is 19.9. The number of hydrogen-bond donors (Lipinski definition) is 4. The fourth-order valence-electron chi connectivity index (χ4n) is 4.04. The Hall–Kier alpha value is -2.07. The molecule has 174 valence electrons. The van der Waals surface area contributed by atoms with Crippen LogP contribution in [0.5, 0.6) is 0 Å². The summed E-state index contributed by atoms with van der Waals surface area (Å²) in [4.78, 5) is 27.8. The van der Waals surface area contributed by atoms with E-state index >= 15 is 0 Å². The summed E-state index contributed by atoms with van der Waals surface area (Å²) in [7, 11) is 0. The summed E-state index contributed by atoms with van der Waals surface area (Å²) in [6.07, 6.45) is -0.967. The van der Waals surface area contributed by atoms with Gasteiger partial charge in [0.15, 0.2) is 0 Å². The molecular formula is C22H35FN4O4. The predicted octanol–water partition coefficient (Wildman–Crippen LogP) is 1.15. The van der Waals surface area contributed by atoms with Crippen molar-refractivity contribution in [3.8, 4) is 0 Å². The van der Waals surface area contributed by atoms with Crippen molar-refractivity contribution in [1.29, 1.82) is 0 Å². The van der Waals surface area contributed by atoms with E-state index in [1.54, 1.807) is 30.9 Å². The Morgan fingerprint density at radius 2 is 1.97 bits per heavy atom. The molecule has 1 fully saturated rings. The molecule has 1 aliphatic heterocycles. The highest BCUT2D eigenvalue weighted by Gasteiger charge is 2.40. The van der Waals surface area contributed by atoms with Gasteiger partial charge in [-0.1, -0.05) is 19.9 Å². The second kappa shape index (κ2) is 10.0. The molecule has 1 aromatic rings. The number of nitrogens with two attached hydrogens (primary N) is 2. The smallest absolute Gasteiger partial charge is 0.306 e. The highest BCUT2D eigenvalue weighted by Crippen LogP contribution is 2.30. The van der Waals surface area contributed by atoms with Crippen LogP contribution in [0.1, 0.15) is 39.7 Å². The lowest BCUT2D eigenvalue weighted by molar-refractivity contribution is -0.144. The van der Waals surface area contributed by atoms with Crippen molar-refractivity contribution in [3.05, 3.63) is 29.6 Å². The van der Waals surface area contributed by atoms with Crippen LogP contribution < -0.4 is 16.4 Å². The Kier molecular flexibility index (Phi) is 8.15. The summed E-state index contributed by atoms with van der Waals surface area (Å²) in [6.45, 7) is 8.02. The van der Waals surface area contributed by atoms with Gasteiger partial charge >= 0.3 is 5.97 Å². The van der Waals surface area contributed by atoms with E-state index in [9.17, 15) is 24.2 Å². The van der Waals surface area contributed by atoms with Crippen LogP contribution in [0, 0.1) is 17.7 Å². The zero-order chi connectivity index (χ0) is 23.5. The van der Waals surface area contributed by atoms with E-state index in [2.05, 4.69) is 0 Å². The number of anilines is 1. The van der Waals surface area contributed by atoms with Crippen molar-refractivity contribution in [3.63, 3.8) is 0 Å². The number of carboxylic acid groups (broad SMARTS) is 1. The molecule has 1 amide bonds. The number of amides is 1. The SMILES string of the molecule is CC(C)C(CC(O)C(N)CN1CC(=O)N(c2cccc(F)c2CN)CC1(C)C)C(=O)O. The van der Waals surface area contributed by atoms with Crippen molar-refractivity contribution < 1.29 is 24.2 Å². The van der Waals surface area contributed by atoms with Gasteiger partial charge in [0, 0.05) is 36.8 Å². The number of piperazine rings is 1. The third-order valence-corrected chi connectivity index (χ3v) is 6.16. The van der Waals surface area contributed by atoms with Crippen LogP contribution in [-0.4, -0.2) is 64.3 Å². The molecule has 0 spiro atoms. The Bertz CT molecular complexity index is 802. The molecule has 0 bridgehead atoms. The topological polar surface area (TPSA) is 133 Å². The fraction of sp³-hybridized carbons (Fsp3) is 0.636. The highest BCUT2D eigenvalue weighted by molar-refractivity contribution is 5.96. The molecule has 3 unspecified atom stereocenters. The summed E-state index contributed by atoms with van der Waals surface area (Å²) < 4.78 is 14.2. The summed E-state index contributed by atoms with van der Waals surface area (Å²) in [5.41, 5.74) is 12.2. The predicted molar refractivity (Wildman–Crippen MR) is 117 cm³/mol. The van der Waals surface area contributed by atoms with Crippen LogP contribution in [0.15, 0.2) is 18.2 Å². The number of carbonyl (C=O) groups excluding carboxylic acids is 1. The minimum absolute atomic E-state index is 0.0202. The van der Waals surface area contributed by atoms with E-state index in [0.29, 0.717) is 17.8 Å². The van der Waals surface area contributed by atoms with Gasteiger partial charge in [0.1, 0.15) is 5.82 Å². The molecule has 0 aromatic heterocycles. The van der Waals surface area contributed by atoms with E-state index in [1.165, 1.54) is 6.07 Å². The van der Waals surface area contributed by atoms with Crippen LogP contribution in [-0.2, 0) is 16.1 Å². The number of aliphatic carboxylic acids is 1. The van der Waals surface area contributed by atoms with Gasteiger partial charge in [0.2, 0.25) is 5.91 Å². The normalized spacial score (nSPS) is 20.0. The van der Waals surface area contributed by atoms with Crippen molar-refractivity contribution in [2.45, 2.75) is 58.3 Å². The van der Waals surface area contributed by atoms with Crippen molar-refractivity contribution >= 4 is 17.6 Å². The zero-order valence-corrected chi connectivity index (χ0v) is 18.7. The molecule has 2 rings (SSSR count). The zero-order valence-electron chi connectivity index (χ0n) is 18.7. The van der Waals surface area contributed by atoms with Crippen molar-refractivity contribution in [2.75, 3.05) is 24.5 Å². The fourth-order valence-corrected chi connectivity index (χ4v) is 4.04. The summed E-state index contributed by atoms with van der Waals surface area (Å²) >= 11 is 0. The quantitative estimate of drug-likeness (QED) is 0.454. The molecule has 9 heteroatoms. The Morgan fingerprint density at radius 3 is 2.52 bits per heavy atom. The molecule has 0 radical (unpaired) electrons. The third kappa shape index (κ3) is 5.79. The van der Waals surface area contributed by atoms with Crippen LogP contribution in [0.2, 0.25) is 0 Å². The molecule has 1 heterocycles. The average Bonchev–Trinajstić information content (AvgIpc) is 2.67. The molecule has 1 saturated heterocycles. The first kappa shape index (κ1) is 25.2. The van der Waals surface area contributed by atoms with Gasteiger partial charge in [-0.3, -0.25) is 14.5 Å². The molecule has 1 aromatic carbocycles. The third-order valence-electron chi connectivity index (χ3n) is 6.16. The maximum Gasteiger partial charge on any atom is 0.306 e. The molecular weight excluding hydrogens is 403 g/mol. The van der Waals surface area contributed by atoms with E-state index in [0.717, 1.165) is 0 Å². The van der Waals surface area contributed by atoms with Crippen LogP contribution >= 0.6 is 0 Å². The molecule has 31 heavy (non-hydrogen) atoms. The Labute approximate surface area is 183 Å². The first-order chi connectivity index (χ1) is 14.4. The first-order valence-corrected chi connectivity index (χ1v) is 10.6. The first-order valence-electron chi connectivity index (χ1n) is 10.6. The lowest BCUT2D eigenvalue weighted by Gasteiger charge is -2.48. The number of nitrogens with zero attached hydrogens (tertiary/aromatic N) is 2. The van der Waals surface area contributed by atoms with Crippen LogP contribution in [0.4, 0.5) is 10.1 Å². The van der Waals surface area contributed by atoms with Crippen LogP contribution in [0.25, 0.3) is 0 Å². The van der Waals surface area contributed by atoms with Gasteiger partial charge in [-0.25, -0.2) is 4.39 Å². The molecule has 0 aliphatic carbocycles. The minimum atomic E-state index is -1.01. The van der Waals surface area contributed by atoms with Crippen molar-refractivity contribution in [2.24, 2.45) is 23.3 Å². The number of benzene rings is 1. The number of hydrogen-bond acceptors (Lipinski definition) is 6. The van der Waals surface area contributed by atoms with Crippen LogP contribution in [0.3, 0.4) is 0 Å². The van der Waals surface area contributed by atoms with Gasteiger partial charge in [0.05, 0.1) is 24.3 Å². The van der Waals surface area contributed by atoms with Gasteiger partial charge in [0.25, 0.3) is 0 Å². The summed E-state index contributed by atoms with van der Waals surface area (Å²) in [6, 6.07) is 3.84. The number of carbonyl (C=O) groups is 2. The largest absolute Gasteiger partial charge is 0.481 e. The number of rotatable bonds is 9. The number of halogens is 1. The minimum Gasteiger partial charge on any atom is -0.481 e.